The zero-order valence-corrected chi connectivity index (χ0v) is 21.7. The summed E-state index contributed by atoms with van der Waals surface area (Å²) in [6.45, 7) is 12.7. The average molecular weight is 499 g/mol. The summed E-state index contributed by atoms with van der Waals surface area (Å²) in [5, 5.41) is 5.80. The maximum Gasteiger partial charge on any atom is 0.338 e. The van der Waals surface area contributed by atoms with E-state index in [0.29, 0.717) is 17.8 Å². The van der Waals surface area contributed by atoms with Crippen molar-refractivity contribution in [3.8, 4) is 0 Å². The third-order valence-electron chi connectivity index (χ3n) is 6.42. The van der Waals surface area contributed by atoms with Gasteiger partial charge >= 0.3 is 5.97 Å². The third-order valence-corrected chi connectivity index (χ3v) is 7.31. The van der Waals surface area contributed by atoms with Gasteiger partial charge in [-0.3, -0.25) is 9.69 Å². The molecule has 0 saturated carbocycles. The van der Waals surface area contributed by atoms with Crippen LogP contribution < -0.4 is 5.32 Å². The fourth-order valence-electron chi connectivity index (χ4n) is 4.59. The number of carbonyl (C=O) groups is 2. The summed E-state index contributed by atoms with van der Waals surface area (Å²) in [5.41, 5.74) is 5.19. The molecule has 1 amide bonds. The molecule has 0 aromatic heterocycles. The number of rotatable bonds is 8. The smallest absolute Gasteiger partial charge is 0.338 e. The number of ether oxygens (including phenoxy) is 2. The minimum absolute atomic E-state index is 0.0463. The standard InChI is InChI=1S/C26H34N4O4S/c1-5-34-25(32)23-19(4)28-26-30(24(23)21-14-17(2)6-7-18(21)3)20(16-35-26)15-22(31)27-8-9-29-10-12-33-13-11-29/h6-7,14,16,24H,5,8-13,15H2,1-4H3,(H,27,31)/t24-/m1/s1. The quantitative estimate of drug-likeness (QED) is 0.551. The predicted molar refractivity (Wildman–Crippen MR) is 138 cm³/mol. The molecule has 1 aromatic rings. The molecule has 1 N–H and O–H groups in total. The molecule has 0 unspecified atom stereocenters. The van der Waals surface area contributed by atoms with Crippen LogP contribution in [0.2, 0.25) is 0 Å². The first-order valence-corrected chi connectivity index (χ1v) is 13.0. The Labute approximate surface area is 211 Å². The van der Waals surface area contributed by atoms with E-state index < -0.39 is 6.04 Å². The normalized spacial score (nSPS) is 20.3. The molecule has 1 saturated heterocycles. The van der Waals surface area contributed by atoms with Gasteiger partial charge in [0.05, 0.1) is 43.6 Å². The molecule has 3 aliphatic heterocycles. The van der Waals surface area contributed by atoms with Crippen LogP contribution in [-0.2, 0) is 19.1 Å². The molecule has 0 radical (unpaired) electrons. The summed E-state index contributed by atoms with van der Waals surface area (Å²) >= 11 is 1.49. The molecule has 0 bridgehead atoms. The van der Waals surface area contributed by atoms with Crippen molar-refractivity contribution in [3.63, 3.8) is 0 Å². The molecule has 4 rings (SSSR count). The topological polar surface area (TPSA) is 83.5 Å². The molecule has 9 heteroatoms. The molecule has 0 spiro atoms. The summed E-state index contributed by atoms with van der Waals surface area (Å²) in [4.78, 5) is 35.0. The van der Waals surface area contributed by atoms with Gasteiger partial charge in [0.25, 0.3) is 0 Å². The first-order valence-electron chi connectivity index (χ1n) is 12.1. The Bertz CT molecular complexity index is 1080. The summed E-state index contributed by atoms with van der Waals surface area (Å²) < 4.78 is 10.8. The van der Waals surface area contributed by atoms with Crippen LogP contribution in [-0.4, -0.2) is 72.8 Å². The van der Waals surface area contributed by atoms with Crippen molar-refractivity contribution in [1.82, 2.24) is 15.1 Å². The van der Waals surface area contributed by atoms with Crippen LogP contribution in [0.4, 0.5) is 0 Å². The lowest BCUT2D eigenvalue weighted by Gasteiger charge is -2.37. The van der Waals surface area contributed by atoms with Gasteiger partial charge in [-0.1, -0.05) is 35.5 Å². The van der Waals surface area contributed by atoms with Crippen LogP contribution in [0, 0.1) is 13.8 Å². The zero-order valence-electron chi connectivity index (χ0n) is 20.9. The number of nitrogens with one attached hydrogen (secondary N) is 1. The van der Waals surface area contributed by atoms with Crippen LogP contribution >= 0.6 is 11.8 Å². The van der Waals surface area contributed by atoms with E-state index in [2.05, 4.69) is 28.4 Å². The van der Waals surface area contributed by atoms with Crippen molar-refractivity contribution in [3.05, 3.63) is 57.3 Å². The van der Waals surface area contributed by atoms with Crippen molar-refractivity contribution >= 4 is 28.8 Å². The van der Waals surface area contributed by atoms with Crippen molar-refractivity contribution in [2.75, 3.05) is 46.0 Å². The number of esters is 1. The molecule has 35 heavy (non-hydrogen) atoms. The van der Waals surface area contributed by atoms with E-state index in [1.165, 1.54) is 11.8 Å². The summed E-state index contributed by atoms with van der Waals surface area (Å²) in [6.07, 6.45) is 0.214. The number of benzene rings is 1. The second-order valence-corrected chi connectivity index (χ2v) is 9.79. The van der Waals surface area contributed by atoms with E-state index in [1.807, 2.05) is 31.1 Å². The third kappa shape index (κ3) is 5.79. The number of aryl methyl sites for hydroxylation is 2. The molecule has 3 aliphatic rings. The highest BCUT2D eigenvalue weighted by atomic mass is 32.2. The fourth-order valence-corrected chi connectivity index (χ4v) is 5.56. The molecule has 1 atom stereocenters. The molecule has 1 fully saturated rings. The lowest BCUT2D eigenvalue weighted by atomic mass is 9.90. The zero-order chi connectivity index (χ0) is 24.9. The van der Waals surface area contributed by atoms with E-state index in [4.69, 9.17) is 14.5 Å². The second-order valence-electron chi connectivity index (χ2n) is 8.95. The van der Waals surface area contributed by atoms with Gasteiger partial charge in [-0.05, 0) is 44.2 Å². The lowest BCUT2D eigenvalue weighted by molar-refractivity contribution is -0.139. The van der Waals surface area contributed by atoms with Crippen LogP contribution in [0.5, 0.6) is 0 Å². The maximum absolute atomic E-state index is 13.1. The number of thioether (sulfide) groups is 1. The Morgan fingerprint density at radius 3 is 2.74 bits per heavy atom. The molecular weight excluding hydrogens is 464 g/mol. The minimum atomic E-state index is -0.399. The maximum atomic E-state index is 13.1. The van der Waals surface area contributed by atoms with Crippen LogP contribution in [0.3, 0.4) is 0 Å². The molecule has 8 nitrogen and oxygen atoms in total. The number of aliphatic imine (C=N–C) groups is 1. The fraction of sp³-hybridized carbons (Fsp3) is 0.500. The Morgan fingerprint density at radius 2 is 2.00 bits per heavy atom. The Balaban J connectivity index is 1.55. The number of allylic oxidation sites excluding steroid dienone is 1. The second kappa shape index (κ2) is 11.4. The molecule has 1 aromatic carbocycles. The van der Waals surface area contributed by atoms with Gasteiger partial charge in [0.1, 0.15) is 0 Å². The number of carbonyl (C=O) groups excluding carboxylic acids is 2. The Hall–Kier alpha value is -2.62. The van der Waals surface area contributed by atoms with Crippen molar-refractivity contribution in [2.45, 2.75) is 40.2 Å². The van der Waals surface area contributed by atoms with Crippen LogP contribution in [0.15, 0.2) is 45.6 Å². The predicted octanol–water partition coefficient (Wildman–Crippen LogP) is 3.28. The van der Waals surface area contributed by atoms with Crippen molar-refractivity contribution in [2.24, 2.45) is 4.99 Å². The van der Waals surface area contributed by atoms with E-state index in [1.54, 1.807) is 6.92 Å². The van der Waals surface area contributed by atoms with Crippen LogP contribution in [0.1, 0.15) is 43.0 Å². The van der Waals surface area contributed by atoms with Crippen molar-refractivity contribution < 1.29 is 19.1 Å². The number of nitrogens with zero attached hydrogens (tertiary/aromatic N) is 3. The monoisotopic (exact) mass is 498 g/mol. The highest BCUT2D eigenvalue weighted by Crippen LogP contribution is 2.45. The summed E-state index contributed by atoms with van der Waals surface area (Å²) in [5.74, 6) is -0.417. The lowest BCUT2D eigenvalue weighted by Crippen LogP contribution is -2.42. The number of hydrogen-bond acceptors (Lipinski definition) is 8. The summed E-state index contributed by atoms with van der Waals surface area (Å²) in [6, 6.07) is 5.84. The Morgan fingerprint density at radius 1 is 1.23 bits per heavy atom. The Kier molecular flexibility index (Phi) is 8.30. The highest BCUT2D eigenvalue weighted by molar-refractivity contribution is 8.16. The largest absolute Gasteiger partial charge is 0.463 e. The van der Waals surface area contributed by atoms with Crippen molar-refractivity contribution in [1.29, 1.82) is 0 Å². The van der Waals surface area contributed by atoms with Gasteiger partial charge in [-0.2, -0.15) is 0 Å². The van der Waals surface area contributed by atoms with E-state index in [-0.39, 0.29) is 24.9 Å². The average Bonchev–Trinajstić information content (AvgIpc) is 3.22. The number of morpholine rings is 1. The van der Waals surface area contributed by atoms with E-state index >= 15 is 0 Å². The summed E-state index contributed by atoms with van der Waals surface area (Å²) in [7, 11) is 0. The number of fused-ring (bicyclic) bond motifs is 1. The van der Waals surface area contributed by atoms with E-state index in [9.17, 15) is 9.59 Å². The minimum Gasteiger partial charge on any atom is -0.463 e. The van der Waals surface area contributed by atoms with Gasteiger partial charge in [-0.25, -0.2) is 9.79 Å². The van der Waals surface area contributed by atoms with E-state index in [0.717, 1.165) is 60.4 Å². The number of hydrogen-bond donors (Lipinski definition) is 1. The van der Waals surface area contributed by atoms with Gasteiger partial charge in [0, 0.05) is 31.9 Å². The molecular formula is C26H34N4O4S. The van der Waals surface area contributed by atoms with Gasteiger partial charge in [-0.15, -0.1) is 0 Å². The number of amidine groups is 1. The highest BCUT2D eigenvalue weighted by Gasteiger charge is 2.41. The van der Waals surface area contributed by atoms with Gasteiger partial charge in [0.15, 0.2) is 5.17 Å². The first-order chi connectivity index (χ1) is 16.9. The molecule has 3 heterocycles. The molecule has 188 valence electrons. The first kappa shape index (κ1) is 25.5. The van der Waals surface area contributed by atoms with Gasteiger partial charge < -0.3 is 19.7 Å². The SMILES string of the molecule is CCOC(=O)C1=C(C)N=C2SC=C(CC(=O)NCCN3CCOCC3)N2[C@@H]1c1cc(C)ccc1C. The molecule has 0 aliphatic carbocycles. The number of amides is 1. The van der Waals surface area contributed by atoms with Crippen LogP contribution in [0.25, 0.3) is 0 Å². The van der Waals surface area contributed by atoms with Gasteiger partial charge in [0.2, 0.25) is 5.91 Å².